The minimum Gasteiger partial charge on any atom is -0.484 e. The Morgan fingerprint density at radius 2 is 2.03 bits per heavy atom. The molecule has 0 radical (unpaired) electrons. The van der Waals surface area contributed by atoms with Gasteiger partial charge in [-0.3, -0.25) is 0 Å². The maximum Gasteiger partial charge on any atom is 0.333 e. The van der Waals surface area contributed by atoms with Crippen LogP contribution in [0, 0.1) is 11.6 Å². The first-order valence-corrected chi connectivity index (χ1v) is 11.2. The summed E-state index contributed by atoms with van der Waals surface area (Å²) < 4.78 is 33.4. The van der Waals surface area contributed by atoms with Crippen molar-refractivity contribution in [3.05, 3.63) is 58.3 Å². The van der Waals surface area contributed by atoms with Crippen LogP contribution in [0.3, 0.4) is 0 Å². The highest BCUT2D eigenvalue weighted by atomic mass is 35.5. The van der Waals surface area contributed by atoms with Crippen LogP contribution >= 0.6 is 11.6 Å². The number of fused-ring (bicyclic) bond motifs is 2. The molecule has 3 aliphatic rings. The number of carboxylic acids is 1. The lowest BCUT2D eigenvalue weighted by Crippen LogP contribution is -2.58. The van der Waals surface area contributed by atoms with Crippen LogP contribution in [0.15, 0.2) is 36.0 Å². The van der Waals surface area contributed by atoms with Crippen molar-refractivity contribution >= 4 is 29.0 Å². The van der Waals surface area contributed by atoms with E-state index in [-0.39, 0.29) is 29.0 Å². The SMILES string of the molecule is O=C(O)C1=C(c2ccc(N3CCC(Oc4c(F)ccc(F)c4Cl)C3)nc2)C[C@H]2CNC[C@@H]1N2. The second-order valence-corrected chi connectivity index (χ2v) is 8.91. The van der Waals surface area contributed by atoms with Gasteiger partial charge in [-0.25, -0.2) is 18.6 Å². The Hall–Kier alpha value is -2.75. The Balaban J connectivity index is 1.32. The van der Waals surface area contributed by atoms with Crippen molar-refractivity contribution in [1.82, 2.24) is 15.6 Å². The predicted octanol–water partition coefficient (Wildman–Crippen LogP) is 2.84. The van der Waals surface area contributed by atoms with E-state index in [0.29, 0.717) is 43.9 Å². The molecule has 10 heteroatoms. The van der Waals surface area contributed by atoms with E-state index in [2.05, 4.69) is 15.6 Å². The molecule has 0 aliphatic carbocycles. The number of ether oxygens (including phenoxy) is 1. The molecular weight excluding hydrogens is 454 g/mol. The summed E-state index contributed by atoms with van der Waals surface area (Å²) >= 11 is 5.87. The summed E-state index contributed by atoms with van der Waals surface area (Å²) in [7, 11) is 0. The van der Waals surface area contributed by atoms with Gasteiger partial charge in [0.15, 0.2) is 11.6 Å². The summed E-state index contributed by atoms with van der Waals surface area (Å²) in [6, 6.07) is 5.68. The average molecular weight is 477 g/mol. The maximum absolute atomic E-state index is 14.0. The first-order valence-electron chi connectivity index (χ1n) is 10.9. The molecule has 0 amide bonds. The van der Waals surface area contributed by atoms with E-state index in [1.54, 1.807) is 6.20 Å². The minimum atomic E-state index is -0.920. The Morgan fingerprint density at radius 3 is 2.79 bits per heavy atom. The first kappa shape index (κ1) is 22.1. The lowest BCUT2D eigenvalue weighted by atomic mass is 9.85. The van der Waals surface area contributed by atoms with Crippen LogP contribution in [0.5, 0.6) is 5.75 Å². The molecular formula is C23H23ClF2N4O3. The Morgan fingerprint density at radius 1 is 1.21 bits per heavy atom. The zero-order valence-electron chi connectivity index (χ0n) is 17.7. The average Bonchev–Trinajstić information content (AvgIpc) is 3.27. The van der Waals surface area contributed by atoms with E-state index < -0.39 is 17.6 Å². The molecule has 1 aromatic heterocycles. The van der Waals surface area contributed by atoms with E-state index in [0.717, 1.165) is 29.8 Å². The predicted molar refractivity (Wildman–Crippen MR) is 120 cm³/mol. The molecule has 0 spiro atoms. The number of carboxylic acid groups (broad SMARTS) is 1. The molecule has 2 aromatic rings. The summed E-state index contributed by atoms with van der Waals surface area (Å²) in [6.45, 7) is 2.46. The fourth-order valence-electron chi connectivity index (χ4n) is 4.81. The quantitative estimate of drug-likeness (QED) is 0.572. The fourth-order valence-corrected chi connectivity index (χ4v) is 5.00. The van der Waals surface area contributed by atoms with Gasteiger partial charge >= 0.3 is 5.97 Å². The molecule has 33 heavy (non-hydrogen) atoms. The third-order valence-electron chi connectivity index (χ3n) is 6.38. The van der Waals surface area contributed by atoms with Crippen LogP contribution in [0.25, 0.3) is 5.57 Å². The largest absolute Gasteiger partial charge is 0.484 e. The van der Waals surface area contributed by atoms with Crippen molar-refractivity contribution in [3.8, 4) is 5.75 Å². The number of hydrogen-bond acceptors (Lipinski definition) is 6. The Kier molecular flexibility index (Phi) is 5.94. The zero-order chi connectivity index (χ0) is 23.1. The number of nitrogens with one attached hydrogen (secondary N) is 2. The van der Waals surface area contributed by atoms with Crippen molar-refractivity contribution in [1.29, 1.82) is 0 Å². The van der Waals surface area contributed by atoms with Gasteiger partial charge in [0, 0.05) is 38.3 Å². The van der Waals surface area contributed by atoms with Gasteiger partial charge < -0.3 is 25.4 Å². The summed E-state index contributed by atoms with van der Waals surface area (Å²) in [5.41, 5.74) is 2.00. The monoisotopic (exact) mass is 476 g/mol. The number of aliphatic carboxylic acids is 1. The second-order valence-electron chi connectivity index (χ2n) is 8.53. The molecule has 1 unspecified atom stereocenters. The lowest BCUT2D eigenvalue weighted by Gasteiger charge is -2.38. The standard InChI is InChI=1S/C23H23ClF2N4O3/c24-21-16(25)2-3-17(26)22(21)33-14-5-6-30(11-14)19-4-1-12(8-28-19)15-7-13-9-27-10-18(29-13)20(15)23(31)32/h1-4,8,13-14,18,27,29H,5-7,9-11H2,(H,31,32)/t13-,14?,18-/m0/s1. The zero-order valence-corrected chi connectivity index (χ0v) is 18.4. The third-order valence-corrected chi connectivity index (χ3v) is 6.73. The number of piperazine rings is 1. The number of nitrogens with zero attached hydrogens (tertiary/aromatic N) is 2. The molecule has 3 aliphatic heterocycles. The number of pyridine rings is 1. The first-order chi connectivity index (χ1) is 15.9. The van der Waals surface area contributed by atoms with Crippen LogP contribution in [0.4, 0.5) is 14.6 Å². The summed E-state index contributed by atoms with van der Waals surface area (Å²) in [4.78, 5) is 18.5. The van der Waals surface area contributed by atoms with Gasteiger partial charge in [0.2, 0.25) is 0 Å². The molecule has 1 aromatic carbocycles. The Labute approximate surface area is 194 Å². The molecule has 7 nitrogen and oxygen atoms in total. The molecule has 2 saturated heterocycles. The summed E-state index contributed by atoms with van der Waals surface area (Å²) in [5, 5.41) is 16.1. The van der Waals surface area contributed by atoms with Gasteiger partial charge in [-0.1, -0.05) is 11.6 Å². The fraction of sp³-hybridized carbons (Fsp3) is 0.391. The van der Waals surface area contributed by atoms with Crippen molar-refractivity contribution in [2.45, 2.75) is 31.0 Å². The highest BCUT2D eigenvalue weighted by Crippen LogP contribution is 2.34. The minimum absolute atomic E-state index is 0.188. The van der Waals surface area contributed by atoms with Gasteiger partial charge in [0.05, 0.1) is 18.2 Å². The molecule has 2 fully saturated rings. The van der Waals surface area contributed by atoms with Crippen LogP contribution in [0.2, 0.25) is 5.02 Å². The van der Waals surface area contributed by atoms with E-state index in [9.17, 15) is 18.7 Å². The highest BCUT2D eigenvalue weighted by molar-refractivity contribution is 6.32. The van der Waals surface area contributed by atoms with Crippen molar-refractivity contribution in [2.75, 3.05) is 31.1 Å². The molecule has 3 N–H and O–H groups in total. The highest BCUT2D eigenvalue weighted by Gasteiger charge is 2.35. The molecule has 3 atom stereocenters. The third kappa shape index (κ3) is 4.28. The van der Waals surface area contributed by atoms with Gasteiger partial charge in [0.25, 0.3) is 0 Å². The normalized spacial score (nSPS) is 24.8. The van der Waals surface area contributed by atoms with E-state index >= 15 is 0 Å². The van der Waals surface area contributed by atoms with Crippen LogP contribution in [-0.4, -0.2) is 60.4 Å². The number of carbonyl (C=O) groups is 1. The van der Waals surface area contributed by atoms with E-state index in [1.165, 1.54) is 0 Å². The van der Waals surface area contributed by atoms with Crippen molar-refractivity contribution in [2.24, 2.45) is 0 Å². The lowest BCUT2D eigenvalue weighted by molar-refractivity contribution is -0.133. The van der Waals surface area contributed by atoms with Gasteiger partial charge in [0.1, 0.15) is 22.8 Å². The second kappa shape index (κ2) is 8.89. The smallest absolute Gasteiger partial charge is 0.333 e. The van der Waals surface area contributed by atoms with Crippen LogP contribution in [-0.2, 0) is 4.79 Å². The topological polar surface area (TPSA) is 86.7 Å². The van der Waals surface area contributed by atoms with E-state index in [4.69, 9.17) is 16.3 Å². The molecule has 2 bridgehead atoms. The number of hydrogen-bond donors (Lipinski definition) is 3. The molecule has 5 rings (SSSR count). The number of halogens is 3. The Bertz CT molecular complexity index is 1110. The number of anilines is 1. The summed E-state index contributed by atoms with van der Waals surface area (Å²) in [5.74, 6) is -1.91. The molecule has 0 saturated carbocycles. The van der Waals surface area contributed by atoms with Gasteiger partial charge in [-0.2, -0.15) is 0 Å². The van der Waals surface area contributed by atoms with Crippen molar-refractivity contribution in [3.63, 3.8) is 0 Å². The number of benzene rings is 1. The molecule has 4 heterocycles. The van der Waals surface area contributed by atoms with Gasteiger partial charge in [-0.05, 0) is 41.8 Å². The van der Waals surface area contributed by atoms with Gasteiger partial charge in [-0.15, -0.1) is 0 Å². The maximum atomic E-state index is 14.0. The summed E-state index contributed by atoms with van der Waals surface area (Å²) in [6.07, 6.45) is 2.56. The number of rotatable bonds is 5. The van der Waals surface area contributed by atoms with Crippen LogP contribution < -0.4 is 20.3 Å². The van der Waals surface area contributed by atoms with Crippen LogP contribution in [0.1, 0.15) is 18.4 Å². The number of aromatic nitrogens is 1. The van der Waals surface area contributed by atoms with Crippen molar-refractivity contribution < 1.29 is 23.4 Å². The van der Waals surface area contributed by atoms with E-state index in [1.807, 2.05) is 17.0 Å². The molecule has 174 valence electrons.